The van der Waals surface area contributed by atoms with Crippen LogP contribution >= 0.6 is 54.8 Å². The number of imidazole rings is 3. The first-order valence-electron chi connectivity index (χ1n) is 39.2. The number of rotatable bonds is 6. The molecule has 22 heterocycles. The molecule has 75 heteroatoms. The van der Waals surface area contributed by atoms with Crippen molar-refractivity contribution in [3.8, 4) is 0 Å². The van der Waals surface area contributed by atoms with Crippen LogP contribution in [0.5, 0.6) is 0 Å². The molecule has 22 rings (SSSR count). The number of nitrogen functional groups attached to an aromatic ring is 6. The van der Waals surface area contributed by atoms with Gasteiger partial charge >= 0.3 is 42.6 Å². The first-order chi connectivity index (χ1) is 64.5. The minimum atomic E-state index is -5.19. The predicted octanol–water partition coefficient (Wildman–Crippen LogP) is -0.444. The van der Waals surface area contributed by atoms with Crippen molar-refractivity contribution in [1.29, 1.82) is 0 Å². The summed E-state index contributed by atoms with van der Waals surface area (Å²) >= 11 is 19.5. The number of pyridine rings is 3. The van der Waals surface area contributed by atoms with E-state index in [9.17, 15) is 52.5 Å². The van der Waals surface area contributed by atoms with Crippen LogP contribution in [0, 0.1) is 0 Å². The summed E-state index contributed by atoms with van der Waals surface area (Å²) in [4.78, 5) is 134. The Morgan fingerprint density at radius 3 is 1.24 bits per heavy atom. The Labute approximate surface area is 768 Å². The molecule has 12 aromatic heterocycles. The number of H-pyrrole nitrogens is 3. The maximum Gasteiger partial charge on any atom is 0.472 e. The van der Waals surface area contributed by atoms with E-state index >= 15 is 22.0 Å². The number of thiol groups is 1. The average Bonchev–Trinajstić information content (AvgIpc) is 1.55. The number of aromatic amines is 3. The lowest BCUT2D eigenvalue weighted by Crippen LogP contribution is -2.45. The van der Waals surface area contributed by atoms with Gasteiger partial charge in [0, 0.05) is 18.6 Å². The number of phosphoric acid groups is 2. The Hall–Kier alpha value is -8.82. The molecule has 12 aromatic rings. The monoisotopic (exact) mass is 2110 g/mol. The van der Waals surface area contributed by atoms with Crippen LogP contribution < -0.4 is 51.1 Å². The molecule has 0 aromatic carbocycles. The molecule has 0 amide bonds. The number of alkyl halides is 5. The van der Waals surface area contributed by atoms with Crippen LogP contribution in [-0.2, 0) is 137 Å². The second-order valence-electron chi connectivity index (χ2n) is 31.0. The van der Waals surface area contributed by atoms with Crippen molar-refractivity contribution >= 4 is 192 Å². The van der Waals surface area contributed by atoms with Crippen molar-refractivity contribution in [2.24, 2.45) is 0 Å². The summed E-state index contributed by atoms with van der Waals surface area (Å²) < 4.78 is 232. The maximum absolute atomic E-state index is 15.9. The molecule has 136 heavy (non-hydrogen) atoms. The zero-order chi connectivity index (χ0) is 95.8. The normalized spacial score (nSPS) is 38.4. The average molecular weight is 2110 g/mol. The van der Waals surface area contributed by atoms with E-state index in [0.29, 0.717) is 16.9 Å². The number of fused-ring (bicyclic) bond motifs is 14. The third kappa shape index (κ3) is 17.6. The molecule has 10 fully saturated rings. The van der Waals surface area contributed by atoms with Crippen molar-refractivity contribution in [2.45, 2.75) is 147 Å². The molecule has 30 atom stereocenters. The van der Waals surface area contributed by atoms with Gasteiger partial charge in [-0.2, -0.15) is 29.0 Å². The number of aromatic nitrogens is 24. The van der Waals surface area contributed by atoms with Crippen molar-refractivity contribution in [2.75, 3.05) is 80.7 Å². The second kappa shape index (κ2) is 35.4. The molecule has 10 saturated heterocycles. The topological polar surface area (TPSA) is 805 Å². The highest BCUT2D eigenvalue weighted by molar-refractivity contribution is 8.44. The SMILES string of the molecule is Nc1nc2c(ncn2[C@@H]2O[C@@H]3COP(O)(=S)O[C@H]4[C@H](F)[C@H](n5nnc6c(N)ccnc65)O[C@@H]4COP(=O)(O)O[C@@H]2[C@@H]3F)c(=O)[nH]1.Nc1nc2c(ncn2[C@@H]2O[C@@H]3COP(O)(=S)O[C@H]4[C@H](F)[C@H](n5nnc6c(N)ccnc65)O[C@@H]4COP(=O)(O)O[C@@H]2[C@H]3F)c(=O)[nH]1.Nc1nc2c(nnn2[C@@H]2O[C@@H]3COP(O)(=S)O[C@H]4[C@H]5OC[C@]4(COP(=O)(S)O[C@@H]2[C@H]3F)O[C@H]5n2cnc3c(N)ccnc32)c(=O)[nH]1. The lowest BCUT2D eigenvalue weighted by atomic mass is 10.0. The Balaban J connectivity index is 0.000000126. The molecule has 0 aliphatic carbocycles. The van der Waals surface area contributed by atoms with Gasteiger partial charge in [0.2, 0.25) is 17.8 Å². The zero-order valence-electron chi connectivity index (χ0n) is 67.5. The number of halogens is 5. The van der Waals surface area contributed by atoms with Crippen LogP contribution in [0.15, 0.2) is 70.2 Å². The fraction of sp³-hybridized carbons (Fsp3) is 0.508. The first-order valence-corrected chi connectivity index (χ1v) is 52.7. The summed E-state index contributed by atoms with van der Waals surface area (Å²) in [6.07, 6.45) is -30.6. The summed E-state index contributed by atoms with van der Waals surface area (Å²) in [5.41, 5.74) is 32.0. The summed E-state index contributed by atoms with van der Waals surface area (Å²) in [6.45, 7) is -22.0. The van der Waals surface area contributed by atoms with Gasteiger partial charge in [0.25, 0.3) is 16.7 Å². The van der Waals surface area contributed by atoms with Crippen LogP contribution in [0.25, 0.3) is 67.0 Å². The van der Waals surface area contributed by atoms with Gasteiger partial charge < -0.3 is 106 Å². The molecular formula is C61H67F5N30O30P6S4. The van der Waals surface area contributed by atoms with E-state index < -0.39 is 246 Å². The molecule has 20 N–H and O–H groups in total. The molecule has 730 valence electrons. The minimum absolute atomic E-state index is 0.0484. The van der Waals surface area contributed by atoms with E-state index in [0.717, 1.165) is 35.8 Å². The lowest BCUT2D eigenvalue weighted by Gasteiger charge is -2.33. The molecule has 10 aliphatic heterocycles. The first kappa shape index (κ1) is 94.8. The summed E-state index contributed by atoms with van der Waals surface area (Å²) in [7, 11) is -10.4. The van der Waals surface area contributed by atoms with Crippen LogP contribution in [0.3, 0.4) is 0 Å². The number of hydrogen-bond donors (Lipinski definition) is 15. The van der Waals surface area contributed by atoms with E-state index in [4.69, 9.17) is 157 Å². The van der Waals surface area contributed by atoms with Crippen LogP contribution in [-0.4, -0.2) is 299 Å². The Kier molecular flexibility index (Phi) is 24.7. The smallest absolute Gasteiger partial charge is 0.397 e. The minimum Gasteiger partial charge on any atom is -0.397 e. The number of ether oxygens (including phenoxy) is 7. The number of nitrogens with zero attached hydrogens (tertiary/aromatic N) is 21. The van der Waals surface area contributed by atoms with Gasteiger partial charge in [-0.25, -0.2) is 65.6 Å². The number of nitrogens with one attached hydrogen (secondary N) is 3. The van der Waals surface area contributed by atoms with E-state index in [1.54, 1.807) is 10.6 Å². The molecule has 6 unspecified atom stereocenters. The molecular weight excluding hydrogens is 2040 g/mol. The van der Waals surface area contributed by atoms with Crippen LogP contribution in [0.2, 0.25) is 0 Å². The van der Waals surface area contributed by atoms with Gasteiger partial charge in [-0.1, -0.05) is 27.9 Å². The second-order valence-corrected chi connectivity index (χ2v) is 45.0. The van der Waals surface area contributed by atoms with Crippen molar-refractivity contribution in [3.63, 3.8) is 0 Å². The molecule has 0 saturated carbocycles. The van der Waals surface area contributed by atoms with E-state index in [1.165, 1.54) is 37.1 Å². The predicted molar refractivity (Wildman–Crippen MR) is 454 cm³/mol. The fourth-order valence-electron chi connectivity index (χ4n) is 16.3. The van der Waals surface area contributed by atoms with Gasteiger partial charge in [0.05, 0.1) is 82.3 Å². The molecule has 60 nitrogen and oxygen atoms in total. The quantitative estimate of drug-likeness (QED) is 0.0570. The van der Waals surface area contributed by atoms with Gasteiger partial charge in [0.1, 0.15) is 84.4 Å². The number of phosphoric ester groups is 2. The maximum atomic E-state index is 15.9. The molecule has 10 aliphatic rings. The fourth-order valence-corrected chi connectivity index (χ4v) is 23.9. The van der Waals surface area contributed by atoms with Gasteiger partial charge in [-0.15, -0.1) is 15.3 Å². The van der Waals surface area contributed by atoms with Crippen molar-refractivity contribution < 1.29 is 148 Å². The number of hydrogen-bond acceptors (Lipinski definition) is 49. The highest BCUT2D eigenvalue weighted by Gasteiger charge is 2.67. The van der Waals surface area contributed by atoms with E-state index in [2.05, 4.69) is 103 Å². The third-order valence-corrected chi connectivity index (χ3v) is 30.6. The third-order valence-electron chi connectivity index (χ3n) is 22.4. The zero-order valence-corrected chi connectivity index (χ0v) is 76.2. The summed E-state index contributed by atoms with van der Waals surface area (Å²) in [5.74, 6) is -0.876. The lowest BCUT2D eigenvalue weighted by molar-refractivity contribution is -0.183. The molecule has 0 spiro atoms. The summed E-state index contributed by atoms with van der Waals surface area (Å²) in [5, 5.41) is 23.1. The summed E-state index contributed by atoms with van der Waals surface area (Å²) in [6, 6.07) is 4.50. The van der Waals surface area contributed by atoms with Gasteiger partial charge in [-0.05, 0) is 53.6 Å². The van der Waals surface area contributed by atoms with Crippen LogP contribution in [0.1, 0.15) is 37.4 Å². The Morgan fingerprint density at radius 2 is 0.772 bits per heavy atom. The van der Waals surface area contributed by atoms with Crippen molar-refractivity contribution in [1.82, 2.24) is 118 Å². The van der Waals surface area contributed by atoms with Crippen molar-refractivity contribution in [3.05, 3.63) is 86.8 Å². The molecule has 0 radical (unpaired) electrons. The highest BCUT2D eigenvalue weighted by atomic mass is 32.7. The largest absolute Gasteiger partial charge is 0.472 e. The Bertz CT molecular complexity index is 6980. The van der Waals surface area contributed by atoms with E-state index in [-0.39, 0.29) is 91.6 Å². The number of anilines is 6. The standard InChI is InChI=1S/C21H23FN10O10P2S2.2C20H22F2N10O10P2S/c22-9-8-3-37-43(34,45)42-14-13-18(31-6-26-10-7(23)1-2-25-15(10)31)40-21(14,4-36-13)5-38-44(35,46)41-12(9)19(39-8)32-16-11(29-30-32)17(33)28-20(24)27-16;2*21-9-7-3-38-44(36,45)42-13-8(40-18(10(13)22)32-15-11(29-30-32)6(23)1-2-25-15)4-37-43(34,35)41-14(9)19(39-7)31-5-26-12-16(31)27-20(24)28-17(12)33/h1-2,6,8-9,12-14,18-19H,3-5H2,(H2,23,25)(H,34,45)(H,35,46)(H3,24,27,28,33);2*1-2,5,7-10,13-14,18-19H,3-4H2,(H2,23,25)(H,34,35)(H,36,45)(H3,24,27,28,33)/t8-,9+,12-,13-,14+,18-,19-,21-,43?,44?;7-,8-,9+,10+,13-,14-,18-,19-,44?;7-,8-,9-,10+,13-,14-,18-,19-,44?/m111/s1. The molecule has 8 bridgehead atoms. The Morgan fingerprint density at radius 1 is 0.397 bits per heavy atom. The number of nitrogens with two attached hydrogens (primary N) is 6. The van der Waals surface area contributed by atoms with Crippen LogP contribution in [0.4, 0.5) is 56.9 Å². The van der Waals surface area contributed by atoms with Gasteiger partial charge in [-0.3, -0.25) is 83.8 Å². The van der Waals surface area contributed by atoms with E-state index in [1.807, 2.05) is 0 Å². The highest BCUT2D eigenvalue weighted by Crippen LogP contribution is 2.63. The van der Waals surface area contributed by atoms with Gasteiger partial charge in [0.15, 0.2) is 130 Å².